The summed E-state index contributed by atoms with van der Waals surface area (Å²) in [6, 6.07) is 2.70. The summed E-state index contributed by atoms with van der Waals surface area (Å²) in [6.07, 6.45) is 1.69. The van der Waals surface area contributed by atoms with Crippen molar-refractivity contribution in [2.75, 3.05) is 7.05 Å². The summed E-state index contributed by atoms with van der Waals surface area (Å²) in [4.78, 5) is 7.89. The fraction of sp³-hybridized carbons (Fsp3) is 0.154. The Labute approximate surface area is 145 Å². The zero-order chi connectivity index (χ0) is 18.4. The molecule has 0 amide bonds. The average molecular weight is 367 g/mol. The number of hydroxylamine groups is 1. The number of nitrogens with one attached hydrogen (secondary N) is 2. The van der Waals surface area contributed by atoms with Crippen molar-refractivity contribution in [2.45, 2.75) is 6.04 Å². The zero-order valence-corrected chi connectivity index (χ0v) is 13.5. The number of rotatable bonds is 4. The maximum atomic E-state index is 13.2. The Balaban J connectivity index is 2.43. The number of aromatic nitrogens is 2. The van der Waals surface area contributed by atoms with Crippen LogP contribution in [0.2, 0.25) is 5.02 Å². The number of hydrogen-bond acceptors (Lipinski definition) is 8. The number of benzene rings is 1. The van der Waals surface area contributed by atoms with Crippen LogP contribution in [0.5, 0.6) is 0 Å². The van der Waals surface area contributed by atoms with Crippen molar-refractivity contribution >= 4 is 29.0 Å². The van der Waals surface area contributed by atoms with Gasteiger partial charge in [-0.15, -0.1) is 0 Å². The van der Waals surface area contributed by atoms with E-state index in [9.17, 15) is 9.60 Å². The van der Waals surface area contributed by atoms with Crippen molar-refractivity contribution in [3.05, 3.63) is 40.4 Å². The molecule has 1 unspecified atom stereocenters. The minimum Gasteiger partial charge on any atom is -0.316 e. The molecule has 1 aromatic heterocycles. The Morgan fingerprint density at radius 2 is 2.28 bits per heavy atom. The number of nitriles is 1. The third kappa shape index (κ3) is 4.07. The lowest BCUT2D eigenvalue weighted by Gasteiger charge is -2.11. The smallest absolute Gasteiger partial charge is 0.182 e. The summed E-state index contributed by atoms with van der Waals surface area (Å²) in [7, 11) is 1.42. The summed E-state index contributed by atoms with van der Waals surface area (Å²) in [5.74, 6) is -0.695. The molecule has 12 heteroatoms. The molecular formula is C13H12ClFN8O2. The van der Waals surface area contributed by atoms with E-state index in [0.717, 1.165) is 6.07 Å². The van der Waals surface area contributed by atoms with Crippen LogP contribution in [0.1, 0.15) is 17.4 Å². The van der Waals surface area contributed by atoms with Gasteiger partial charge in [-0.2, -0.15) is 5.26 Å². The molecule has 130 valence electrons. The third-order valence-corrected chi connectivity index (χ3v) is 3.29. The third-order valence-electron chi connectivity index (χ3n) is 3.00. The first-order valence-electron chi connectivity index (χ1n) is 6.65. The number of amidine groups is 2. The van der Waals surface area contributed by atoms with Crippen molar-refractivity contribution < 1.29 is 14.2 Å². The van der Waals surface area contributed by atoms with E-state index in [-0.39, 0.29) is 33.8 Å². The first-order chi connectivity index (χ1) is 12.0. The van der Waals surface area contributed by atoms with Crippen LogP contribution in [0, 0.1) is 17.3 Å². The van der Waals surface area contributed by atoms with E-state index in [4.69, 9.17) is 22.6 Å². The molecule has 0 aliphatic rings. The average Bonchev–Trinajstić information content (AvgIpc) is 3.09. The predicted octanol–water partition coefficient (Wildman–Crippen LogP) is 1.02. The van der Waals surface area contributed by atoms with Gasteiger partial charge in [-0.3, -0.25) is 21.0 Å². The highest BCUT2D eigenvalue weighted by Gasteiger charge is 2.25. The lowest BCUT2D eigenvalue weighted by Crippen LogP contribution is -2.34. The minimum absolute atomic E-state index is 0.0312. The molecule has 5 N–H and O–H groups in total. The van der Waals surface area contributed by atoms with Crippen LogP contribution in [-0.2, 0) is 0 Å². The molecule has 0 saturated carbocycles. The first-order valence-corrected chi connectivity index (χ1v) is 7.03. The lowest BCUT2D eigenvalue weighted by atomic mass is 10.1. The normalized spacial score (nSPS) is 13.3. The Kier molecular flexibility index (Phi) is 5.96. The van der Waals surface area contributed by atoms with Crippen molar-refractivity contribution in [3.8, 4) is 6.19 Å². The zero-order valence-electron chi connectivity index (χ0n) is 12.7. The van der Waals surface area contributed by atoms with Gasteiger partial charge in [0.2, 0.25) is 0 Å². The van der Waals surface area contributed by atoms with Gasteiger partial charge >= 0.3 is 0 Å². The Morgan fingerprint density at radius 1 is 1.52 bits per heavy atom. The van der Waals surface area contributed by atoms with E-state index in [0.29, 0.717) is 0 Å². The van der Waals surface area contributed by atoms with Crippen LogP contribution < -0.4 is 16.5 Å². The molecule has 0 radical (unpaired) electrons. The second kappa shape index (κ2) is 8.15. The number of halogens is 2. The maximum Gasteiger partial charge on any atom is 0.182 e. The van der Waals surface area contributed by atoms with Crippen LogP contribution in [0.4, 0.5) is 10.1 Å². The van der Waals surface area contributed by atoms with Crippen LogP contribution in [0.3, 0.4) is 0 Å². The van der Waals surface area contributed by atoms with E-state index in [1.165, 1.54) is 19.2 Å². The molecule has 1 aromatic carbocycles. The second-order valence-corrected chi connectivity index (χ2v) is 4.90. The van der Waals surface area contributed by atoms with E-state index >= 15 is 0 Å². The molecule has 0 saturated heterocycles. The van der Waals surface area contributed by atoms with Crippen molar-refractivity contribution in [1.82, 2.24) is 21.1 Å². The number of aliphatic imine (C=N–C) groups is 2. The molecule has 25 heavy (non-hydrogen) atoms. The monoisotopic (exact) mass is 366 g/mol. The summed E-state index contributed by atoms with van der Waals surface area (Å²) >= 11 is 5.69. The summed E-state index contributed by atoms with van der Waals surface area (Å²) < 4.78 is 17.9. The minimum atomic E-state index is -0.999. The maximum absolute atomic E-state index is 13.2. The van der Waals surface area contributed by atoms with Crippen LogP contribution >= 0.6 is 11.6 Å². The largest absolute Gasteiger partial charge is 0.316 e. The van der Waals surface area contributed by atoms with E-state index in [2.05, 4.69) is 30.2 Å². The molecule has 0 fully saturated rings. The fourth-order valence-corrected chi connectivity index (χ4v) is 2.01. The molecule has 0 aliphatic heterocycles. The van der Waals surface area contributed by atoms with Gasteiger partial charge < -0.3 is 5.73 Å². The standard InChI is InChI=1S/C13H12ClFN8O2/c1-18-12(19-5-16)9(17)10-11(23-25-22-10)13(21-24)20-6-2-3-8(15)7(14)4-6/h2-4,9,24H,17H2,1H3,(H,18,19)(H,20,21). The van der Waals surface area contributed by atoms with Gasteiger partial charge in [0, 0.05) is 7.05 Å². The number of hydrogen-bond donors (Lipinski definition) is 4. The van der Waals surface area contributed by atoms with Crippen LogP contribution in [-0.4, -0.2) is 34.2 Å². The molecule has 1 atom stereocenters. The van der Waals surface area contributed by atoms with Gasteiger partial charge in [0.05, 0.1) is 10.7 Å². The fourth-order valence-electron chi connectivity index (χ4n) is 1.84. The van der Waals surface area contributed by atoms with Gasteiger partial charge in [0.15, 0.2) is 17.7 Å². The molecular weight excluding hydrogens is 355 g/mol. The van der Waals surface area contributed by atoms with Gasteiger partial charge in [-0.05, 0) is 23.4 Å². The quantitative estimate of drug-likeness (QED) is 0.205. The summed E-state index contributed by atoms with van der Waals surface area (Å²) in [5.41, 5.74) is 8.06. The second-order valence-electron chi connectivity index (χ2n) is 4.49. The number of nitrogens with two attached hydrogens (primary N) is 1. The van der Waals surface area contributed by atoms with E-state index in [1.807, 2.05) is 5.48 Å². The van der Waals surface area contributed by atoms with Gasteiger partial charge in [0.25, 0.3) is 0 Å². The highest BCUT2D eigenvalue weighted by atomic mass is 35.5. The van der Waals surface area contributed by atoms with E-state index in [1.54, 1.807) is 6.19 Å². The lowest BCUT2D eigenvalue weighted by molar-refractivity contribution is 0.234. The Morgan fingerprint density at radius 3 is 2.88 bits per heavy atom. The van der Waals surface area contributed by atoms with Crippen molar-refractivity contribution in [3.63, 3.8) is 0 Å². The van der Waals surface area contributed by atoms with E-state index < -0.39 is 11.9 Å². The van der Waals surface area contributed by atoms with Crippen LogP contribution in [0.15, 0.2) is 32.8 Å². The number of nitrogens with zero attached hydrogens (tertiary/aromatic N) is 5. The molecule has 0 spiro atoms. The summed E-state index contributed by atoms with van der Waals surface area (Å²) in [6.45, 7) is 0. The molecule has 2 rings (SSSR count). The van der Waals surface area contributed by atoms with Crippen LogP contribution in [0.25, 0.3) is 0 Å². The Bertz CT molecular complexity index is 860. The van der Waals surface area contributed by atoms with Crippen molar-refractivity contribution in [2.24, 2.45) is 15.7 Å². The van der Waals surface area contributed by atoms with Crippen molar-refractivity contribution in [1.29, 1.82) is 5.26 Å². The molecule has 1 heterocycles. The predicted molar refractivity (Wildman–Crippen MR) is 85.9 cm³/mol. The SMILES string of the molecule is CN=C(NC#N)C(N)c1nonc1C(=Nc1ccc(F)c(Cl)c1)NO. The highest BCUT2D eigenvalue weighted by molar-refractivity contribution is 6.31. The molecule has 10 nitrogen and oxygen atoms in total. The van der Waals surface area contributed by atoms with Gasteiger partial charge in [-0.1, -0.05) is 16.8 Å². The topological polar surface area (TPSA) is 158 Å². The molecule has 0 aliphatic carbocycles. The molecule has 2 aromatic rings. The highest BCUT2D eigenvalue weighted by Crippen LogP contribution is 2.23. The molecule has 0 bridgehead atoms. The first kappa shape index (κ1) is 18.3. The van der Waals surface area contributed by atoms with Gasteiger partial charge in [-0.25, -0.2) is 14.0 Å². The Hall–Kier alpha value is -3.07. The summed E-state index contributed by atoms with van der Waals surface area (Å²) in [5, 5.41) is 27.5. The van der Waals surface area contributed by atoms with Gasteiger partial charge in [0.1, 0.15) is 23.4 Å².